The van der Waals surface area contributed by atoms with E-state index in [4.69, 9.17) is 10.5 Å². The van der Waals surface area contributed by atoms with E-state index < -0.39 is 4.92 Å². The van der Waals surface area contributed by atoms with Gasteiger partial charge in [0.2, 0.25) is 0 Å². The molecule has 1 aromatic carbocycles. The number of nitro groups is 1. The molecule has 0 radical (unpaired) electrons. The van der Waals surface area contributed by atoms with Crippen molar-refractivity contribution in [2.75, 3.05) is 30.8 Å². The lowest BCUT2D eigenvalue weighted by molar-refractivity contribution is -0.384. The van der Waals surface area contributed by atoms with E-state index >= 15 is 0 Å². The average Bonchev–Trinajstić information content (AvgIpc) is 2.81. The Morgan fingerprint density at radius 1 is 1.50 bits per heavy atom. The molecule has 1 saturated heterocycles. The zero-order valence-corrected chi connectivity index (χ0v) is 10.1. The summed E-state index contributed by atoms with van der Waals surface area (Å²) >= 11 is 0. The number of non-ortho nitro benzene ring substituents is 1. The van der Waals surface area contributed by atoms with E-state index in [1.54, 1.807) is 6.07 Å². The zero-order chi connectivity index (χ0) is 13.0. The Morgan fingerprint density at radius 2 is 2.33 bits per heavy atom. The van der Waals surface area contributed by atoms with Crippen LogP contribution in [0.1, 0.15) is 12.8 Å². The summed E-state index contributed by atoms with van der Waals surface area (Å²) in [5.74, 6) is 0.591. The molecule has 1 unspecified atom stereocenters. The molecule has 0 aromatic heterocycles. The molecule has 0 bridgehead atoms. The van der Waals surface area contributed by atoms with Crippen molar-refractivity contribution in [3.05, 3.63) is 28.3 Å². The molecule has 6 heteroatoms. The number of nitro benzene ring substituents is 1. The molecular formula is C12H17N3O3. The van der Waals surface area contributed by atoms with Gasteiger partial charge >= 0.3 is 0 Å². The van der Waals surface area contributed by atoms with Crippen molar-refractivity contribution in [2.24, 2.45) is 5.92 Å². The highest BCUT2D eigenvalue weighted by Crippen LogP contribution is 2.23. The van der Waals surface area contributed by atoms with Crippen molar-refractivity contribution >= 4 is 17.1 Å². The Balaban J connectivity index is 1.89. The number of anilines is 2. The molecule has 1 aromatic rings. The predicted octanol–water partition coefficient (Wildman–Crippen LogP) is 2.02. The summed E-state index contributed by atoms with van der Waals surface area (Å²) in [4.78, 5) is 10.3. The van der Waals surface area contributed by atoms with Gasteiger partial charge in [-0.1, -0.05) is 0 Å². The van der Waals surface area contributed by atoms with E-state index in [9.17, 15) is 10.1 Å². The molecule has 0 saturated carbocycles. The van der Waals surface area contributed by atoms with Crippen molar-refractivity contribution < 1.29 is 9.66 Å². The minimum Gasteiger partial charge on any atom is -0.398 e. The smallest absolute Gasteiger partial charge is 0.273 e. The standard InChI is InChI=1S/C12H17N3O3/c13-10-5-11(7-12(6-10)15(16)17)14-3-1-9-2-4-18-8-9/h5-7,9,14H,1-4,8,13H2. The van der Waals surface area contributed by atoms with Crippen LogP contribution < -0.4 is 11.1 Å². The number of nitrogens with zero attached hydrogens (tertiary/aromatic N) is 1. The summed E-state index contributed by atoms with van der Waals surface area (Å²) < 4.78 is 5.29. The fourth-order valence-electron chi connectivity index (χ4n) is 2.07. The lowest BCUT2D eigenvalue weighted by Crippen LogP contribution is -2.09. The van der Waals surface area contributed by atoms with Crippen molar-refractivity contribution in [1.82, 2.24) is 0 Å². The highest BCUT2D eigenvalue weighted by molar-refractivity contribution is 5.61. The summed E-state index contributed by atoms with van der Waals surface area (Å²) in [5, 5.41) is 13.9. The van der Waals surface area contributed by atoms with Crippen molar-refractivity contribution in [1.29, 1.82) is 0 Å². The van der Waals surface area contributed by atoms with Crippen LogP contribution in [-0.2, 0) is 4.74 Å². The van der Waals surface area contributed by atoms with Gasteiger partial charge in [-0.15, -0.1) is 0 Å². The normalized spacial score (nSPS) is 18.8. The monoisotopic (exact) mass is 251 g/mol. The molecule has 98 valence electrons. The molecule has 1 aliphatic heterocycles. The number of hydrogen-bond donors (Lipinski definition) is 2. The molecule has 18 heavy (non-hydrogen) atoms. The van der Waals surface area contributed by atoms with Gasteiger partial charge in [-0.25, -0.2) is 0 Å². The molecule has 2 rings (SSSR count). The summed E-state index contributed by atoms with van der Waals surface area (Å²) in [6.07, 6.45) is 2.10. The number of nitrogen functional groups attached to an aromatic ring is 1. The minimum atomic E-state index is -0.438. The first-order valence-electron chi connectivity index (χ1n) is 6.02. The fourth-order valence-corrected chi connectivity index (χ4v) is 2.07. The topological polar surface area (TPSA) is 90.4 Å². The van der Waals surface area contributed by atoms with Crippen LogP contribution in [0.4, 0.5) is 17.1 Å². The number of rotatable bonds is 5. The first kappa shape index (κ1) is 12.6. The van der Waals surface area contributed by atoms with E-state index in [1.165, 1.54) is 12.1 Å². The molecule has 1 atom stereocenters. The van der Waals surface area contributed by atoms with E-state index in [1.807, 2.05) is 0 Å². The maximum Gasteiger partial charge on any atom is 0.273 e. The molecule has 1 aliphatic rings. The number of ether oxygens (including phenoxy) is 1. The minimum absolute atomic E-state index is 0.0155. The van der Waals surface area contributed by atoms with Crippen LogP contribution in [0.3, 0.4) is 0 Å². The first-order valence-corrected chi connectivity index (χ1v) is 6.02. The van der Waals surface area contributed by atoms with Gasteiger partial charge in [-0.3, -0.25) is 10.1 Å². The van der Waals surface area contributed by atoms with Gasteiger partial charge < -0.3 is 15.8 Å². The highest BCUT2D eigenvalue weighted by Gasteiger charge is 2.15. The Kier molecular flexibility index (Phi) is 3.99. The number of nitrogens with two attached hydrogens (primary N) is 1. The van der Waals surface area contributed by atoms with Crippen LogP contribution in [0, 0.1) is 16.0 Å². The van der Waals surface area contributed by atoms with Gasteiger partial charge in [0.25, 0.3) is 5.69 Å². The average molecular weight is 251 g/mol. The Bertz CT molecular complexity index is 431. The number of nitrogens with one attached hydrogen (secondary N) is 1. The van der Waals surface area contributed by atoms with Crippen molar-refractivity contribution in [3.8, 4) is 0 Å². The summed E-state index contributed by atoms with van der Waals surface area (Å²) in [5.41, 5.74) is 6.74. The maximum absolute atomic E-state index is 10.7. The lowest BCUT2D eigenvalue weighted by atomic mass is 10.1. The van der Waals surface area contributed by atoms with E-state index in [-0.39, 0.29) is 5.69 Å². The summed E-state index contributed by atoms with van der Waals surface area (Å²) in [6.45, 7) is 2.43. The van der Waals surface area contributed by atoms with Crippen LogP contribution in [0.25, 0.3) is 0 Å². The number of hydrogen-bond acceptors (Lipinski definition) is 5. The van der Waals surface area contributed by atoms with Gasteiger partial charge in [0, 0.05) is 43.3 Å². The van der Waals surface area contributed by atoms with E-state index in [0.29, 0.717) is 17.3 Å². The highest BCUT2D eigenvalue weighted by atomic mass is 16.6. The van der Waals surface area contributed by atoms with E-state index in [2.05, 4.69) is 5.32 Å². The third-order valence-corrected chi connectivity index (χ3v) is 3.06. The van der Waals surface area contributed by atoms with Gasteiger partial charge in [0.1, 0.15) is 0 Å². The van der Waals surface area contributed by atoms with Crippen LogP contribution in [0.2, 0.25) is 0 Å². The van der Waals surface area contributed by atoms with Gasteiger partial charge in [-0.2, -0.15) is 0 Å². The van der Waals surface area contributed by atoms with Crippen LogP contribution in [-0.4, -0.2) is 24.7 Å². The third-order valence-electron chi connectivity index (χ3n) is 3.06. The van der Waals surface area contributed by atoms with Crippen LogP contribution in [0.5, 0.6) is 0 Å². The molecule has 6 nitrogen and oxygen atoms in total. The Hall–Kier alpha value is -1.82. The van der Waals surface area contributed by atoms with Gasteiger partial charge in [0.15, 0.2) is 0 Å². The Morgan fingerprint density at radius 3 is 3.00 bits per heavy atom. The molecule has 0 spiro atoms. The van der Waals surface area contributed by atoms with Crippen LogP contribution in [0.15, 0.2) is 18.2 Å². The molecule has 1 fully saturated rings. The Labute approximate surface area is 105 Å². The second kappa shape index (κ2) is 5.68. The predicted molar refractivity (Wildman–Crippen MR) is 69.5 cm³/mol. The van der Waals surface area contributed by atoms with Gasteiger partial charge in [-0.05, 0) is 24.8 Å². The lowest BCUT2D eigenvalue weighted by Gasteiger charge is -2.10. The molecular weight excluding hydrogens is 234 g/mol. The van der Waals surface area contributed by atoms with Crippen molar-refractivity contribution in [3.63, 3.8) is 0 Å². The molecule has 3 N–H and O–H groups in total. The second-order valence-corrected chi connectivity index (χ2v) is 4.52. The molecule has 0 aliphatic carbocycles. The third kappa shape index (κ3) is 3.33. The summed E-state index contributed by atoms with van der Waals surface area (Å²) in [6, 6.07) is 4.57. The summed E-state index contributed by atoms with van der Waals surface area (Å²) in [7, 11) is 0. The second-order valence-electron chi connectivity index (χ2n) is 4.52. The first-order chi connectivity index (χ1) is 8.65. The SMILES string of the molecule is Nc1cc(NCCC2CCOC2)cc([N+](=O)[O-])c1. The quantitative estimate of drug-likeness (QED) is 0.474. The van der Waals surface area contributed by atoms with Gasteiger partial charge in [0.05, 0.1) is 4.92 Å². The fraction of sp³-hybridized carbons (Fsp3) is 0.500. The zero-order valence-electron chi connectivity index (χ0n) is 10.1. The molecule has 1 heterocycles. The largest absolute Gasteiger partial charge is 0.398 e. The number of benzene rings is 1. The van der Waals surface area contributed by atoms with Crippen LogP contribution >= 0.6 is 0 Å². The maximum atomic E-state index is 10.7. The molecule has 0 amide bonds. The van der Waals surface area contributed by atoms with E-state index in [0.717, 1.165) is 32.6 Å². The van der Waals surface area contributed by atoms with Crippen molar-refractivity contribution in [2.45, 2.75) is 12.8 Å².